The Hall–Kier alpha value is -3.11. The van der Waals surface area contributed by atoms with Gasteiger partial charge in [-0.2, -0.15) is 28.4 Å². The van der Waals surface area contributed by atoms with E-state index in [1.807, 2.05) is 34.7 Å². The van der Waals surface area contributed by atoms with Gasteiger partial charge in [0.05, 0.1) is 23.5 Å². The summed E-state index contributed by atoms with van der Waals surface area (Å²) in [4.78, 5) is 7.72. The molecule has 2 N–H and O–H groups in total. The summed E-state index contributed by atoms with van der Waals surface area (Å²) in [5.74, 6) is -0.209. The molecule has 0 amide bonds. The molecule has 0 unspecified atom stereocenters. The standard InChI is InChI=1S/C17H19F3N8/c1-10-14(24-16-22-8-13(17(18,19)20)15(21-2)25-16)9-28(26-10)12-6-11(7-12)27-5-3-4-23-27/h3-5,8-9,11-12H,6-7H2,1-2H3,(H2,21,22,24,25). The average Bonchev–Trinajstić information content (AvgIpc) is 3.23. The van der Waals surface area contributed by atoms with Crippen molar-refractivity contribution >= 4 is 17.5 Å². The van der Waals surface area contributed by atoms with E-state index in [4.69, 9.17) is 0 Å². The molecule has 3 aromatic rings. The van der Waals surface area contributed by atoms with Crippen LogP contribution in [0.15, 0.2) is 30.9 Å². The van der Waals surface area contributed by atoms with Crippen molar-refractivity contribution in [3.63, 3.8) is 0 Å². The number of aryl methyl sites for hydroxylation is 1. The Morgan fingerprint density at radius 3 is 2.57 bits per heavy atom. The zero-order valence-electron chi connectivity index (χ0n) is 15.3. The molecule has 148 valence electrons. The van der Waals surface area contributed by atoms with E-state index in [0.717, 1.165) is 24.7 Å². The number of nitrogens with zero attached hydrogens (tertiary/aromatic N) is 6. The van der Waals surface area contributed by atoms with Gasteiger partial charge in [-0.05, 0) is 25.8 Å². The van der Waals surface area contributed by atoms with Crippen LogP contribution in [-0.4, -0.2) is 36.6 Å². The van der Waals surface area contributed by atoms with E-state index >= 15 is 0 Å². The summed E-state index contributed by atoms with van der Waals surface area (Å²) in [6.45, 7) is 1.82. The molecule has 3 heterocycles. The molecule has 1 saturated carbocycles. The molecule has 1 aliphatic rings. The van der Waals surface area contributed by atoms with Gasteiger partial charge in [-0.25, -0.2) is 4.98 Å². The highest BCUT2D eigenvalue weighted by molar-refractivity contribution is 5.57. The van der Waals surface area contributed by atoms with Gasteiger partial charge in [0.25, 0.3) is 0 Å². The second-order valence-corrected chi connectivity index (χ2v) is 6.70. The Kier molecular flexibility index (Phi) is 4.44. The van der Waals surface area contributed by atoms with E-state index in [1.165, 1.54) is 7.05 Å². The maximum Gasteiger partial charge on any atom is 0.421 e. The van der Waals surface area contributed by atoms with Crippen LogP contribution in [0.1, 0.15) is 36.2 Å². The Balaban J connectivity index is 1.48. The van der Waals surface area contributed by atoms with E-state index < -0.39 is 11.7 Å². The number of nitrogens with one attached hydrogen (secondary N) is 2. The van der Waals surface area contributed by atoms with Crippen molar-refractivity contribution < 1.29 is 13.2 Å². The molecule has 0 spiro atoms. The van der Waals surface area contributed by atoms with Crippen molar-refractivity contribution in [2.75, 3.05) is 17.7 Å². The molecule has 0 aliphatic heterocycles. The van der Waals surface area contributed by atoms with Crippen molar-refractivity contribution in [2.45, 2.75) is 38.0 Å². The van der Waals surface area contributed by atoms with Crippen LogP contribution in [0.2, 0.25) is 0 Å². The van der Waals surface area contributed by atoms with Gasteiger partial charge in [0, 0.05) is 31.8 Å². The first-order valence-electron chi connectivity index (χ1n) is 8.79. The van der Waals surface area contributed by atoms with Crippen LogP contribution in [0.25, 0.3) is 0 Å². The Morgan fingerprint density at radius 2 is 1.93 bits per heavy atom. The van der Waals surface area contributed by atoms with E-state index in [2.05, 4.69) is 30.8 Å². The third-order valence-electron chi connectivity index (χ3n) is 4.86. The van der Waals surface area contributed by atoms with Crippen molar-refractivity contribution in [2.24, 2.45) is 0 Å². The molecule has 0 aromatic carbocycles. The largest absolute Gasteiger partial charge is 0.421 e. The lowest BCUT2D eigenvalue weighted by Gasteiger charge is -2.35. The molecule has 8 nitrogen and oxygen atoms in total. The van der Waals surface area contributed by atoms with Crippen LogP contribution in [0.3, 0.4) is 0 Å². The van der Waals surface area contributed by atoms with Gasteiger partial charge in [-0.3, -0.25) is 9.36 Å². The zero-order valence-corrected chi connectivity index (χ0v) is 15.3. The predicted molar refractivity (Wildman–Crippen MR) is 96.4 cm³/mol. The lowest BCUT2D eigenvalue weighted by molar-refractivity contribution is -0.137. The van der Waals surface area contributed by atoms with Crippen molar-refractivity contribution in [1.29, 1.82) is 0 Å². The summed E-state index contributed by atoms with van der Waals surface area (Å²) in [6.07, 6.45) is 3.63. The fourth-order valence-corrected chi connectivity index (χ4v) is 3.24. The maximum atomic E-state index is 13.0. The summed E-state index contributed by atoms with van der Waals surface area (Å²) < 4.78 is 42.7. The molecule has 28 heavy (non-hydrogen) atoms. The Bertz CT molecular complexity index is 957. The SMILES string of the molecule is CNc1nc(Nc2cn(C3CC(n4cccn4)C3)nc2C)ncc1C(F)(F)F. The molecule has 1 aliphatic carbocycles. The molecule has 0 atom stereocenters. The number of aromatic nitrogens is 6. The topological polar surface area (TPSA) is 85.5 Å². The first-order valence-corrected chi connectivity index (χ1v) is 8.79. The average molecular weight is 392 g/mol. The van der Waals surface area contributed by atoms with Gasteiger partial charge in [-0.15, -0.1) is 0 Å². The van der Waals surface area contributed by atoms with Gasteiger partial charge < -0.3 is 10.6 Å². The Morgan fingerprint density at radius 1 is 1.18 bits per heavy atom. The summed E-state index contributed by atoms with van der Waals surface area (Å²) in [5.41, 5.74) is 0.466. The number of halogens is 3. The van der Waals surface area contributed by atoms with Crippen LogP contribution in [-0.2, 0) is 6.18 Å². The second-order valence-electron chi connectivity index (χ2n) is 6.70. The van der Waals surface area contributed by atoms with Crippen LogP contribution in [0.4, 0.5) is 30.6 Å². The van der Waals surface area contributed by atoms with E-state index in [9.17, 15) is 13.2 Å². The smallest absolute Gasteiger partial charge is 0.372 e. The fourth-order valence-electron chi connectivity index (χ4n) is 3.24. The first-order chi connectivity index (χ1) is 13.3. The molecule has 0 saturated heterocycles. The fraction of sp³-hybridized carbons (Fsp3) is 0.412. The second kappa shape index (κ2) is 6.80. The zero-order chi connectivity index (χ0) is 19.9. The molecular formula is C17H19F3N8. The minimum Gasteiger partial charge on any atom is -0.372 e. The minimum atomic E-state index is -4.52. The lowest BCUT2D eigenvalue weighted by Crippen LogP contribution is -2.29. The highest BCUT2D eigenvalue weighted by Crippen LogP contribution is 2.41. The summed E-state index contributed by atoms with van der Waals surface area (Å²) in [5, 5.41) is 14.2. The van der Waals surface area contributed by atoms with E-state index in [-0.39, 0.29) is 17.8 Å². The molecule has 3 aromatic heterocycles. The summed E-state index contributed by atoms with van der Waals surface area (Å²) in [6, 6.07) is 2.51. The number of hydrogen-bond acceptors (Lipinski definition) is 6. The van der Waals surface area contributed by atoms with Crippen LogP contribution in [0.5, 0.6) is 0 Å². The van der Waals surface area contributed by atoms with Gasteiger partial charge in [0.15, 0.2) is 0 Å². The molecule has 0 radical (unpaired) electrons. The van der Waals surface area contributed by atoms with Crippen LogP contribution < -0.4 is 10.6 Å². The van der Waals surface area contributed by atoms with Gasteiger partial charge in [0.2, 0.25) is 5.95 Å². The summed E-state index contributed by atoms with van der Waals surface area (Å²) in [7, 11) is 1.39. The minimum absolute atomic E-state index is 0.0722. The molecule has 4 rings (SSSR count). The Labute approximate surface area is 158 Å². The highest BCUT2D eigenvalue weighted by Gasteiger charge is 2.35. The summed E-state index contributed by atoms with van der Waals surface area (Å²) >= 11 is 0. The number of rotatable bonds is 5. The molecular weight excluding hydrogens is 373 g/mol. The molecule has 0 bridgehead atoms. The molecule has 11 heteroatoms. The van der Waals surface area contributed by atoms with Gasteiger partial charge in [0.1, 0.15) is 11.4 Å². The number of alkyl halides is 3. The maximum absolute atomic E-state index is 13.0. The van der Waals surface area contributed by atoms with Crippen molar-refractivity contribution in [3.05, 3.63) is 42.1 Å². The monoisotopic (exact) mass is 392 g/mol. The van der Waals surface area contributed by atoms with Crippen molar-refractivity contribution in [3.8, 4) is 0 Å². The lowest BCUT2D eigenvalue weighted by atomic mass is 9.87. The van der Waals surface area contributed by atoms with E-state index in [0.29, 0.717) is 11.7 Å². The normalized spacial score (nSPS) is 19.3. The number of hydrogen-bond donors (Lipinski definition) is 2. The first kappa shape index (κ1) is 18.3. The van der Waals surface area contributed by atoms with E-state index in [1.54, 1.807) is 6.20 Å². The van der Waals surface area contributed by atoms with Gasteiger partial charge >= 0.3 is 6.18 Å². The third-order valence-corrected chi connectivity index (χ3v) is 4.86. The van der Waals surface area contributed by atoms with Gasteiger partial charge in [-0.1, -0.05) is 0 Å². The van der Waals surface area contributed by atoms with Crippen molar-refractivity contribution in [1.82, 2.24) is 29.5 Å². The van der Waals surface area contributed by atoms with Crippen LogP contribution >= 0.6 is 0 Å². The predicted octanol–water partition coefficient (Wildman–Crippen LogP) is 3.56. The van der Waals surface area contributed by atoms with Crippen LogP contribution in [0, 0.1) is 6.92 Å². The number of anilines is 3. The quantitative estimate of drug-likeness (QED) is 0.691. The third kappa shape index (κ3) is 3.39. The highest BCUT2D eigenvalue weighted by atomic mass is 19.4. The molecule has 1 fully saturated rings.